The van der Waals surface area contributed by atoms with Crippen molar-refractivity contribution in [2.24, 2.45) is 5.73 Å². The number of hydrogen-bond donors (Lipinski definition) is 2. The minimum absolute atomic E-state index is 0.0367. The number of rotatable bonds is 3. The van der Waals surface area contributed by atoms with Crippen molar-refractivity contribution in [3.63, 3.8) is 0 Å². The summed E-state index contributed by atoms with van der Waals surface area (Å²) in [4.78, 5) is 13.3. The van der Waals surface area contributed by atoms with Gasteiger partial charge in [-0.15, -0.1) is 0 Å². The van der Waals surface area contributed by atoms with Crippen LogP contribution in [0.25, 0.3) is 11.3 Å². The van der Waals surface area contributed by atoms with Crippen LogP contribution in [0.5, 0.6) is 0 Å². The molecule has 0 radical (unpaired) electrons. The number of ether oxygens (including phenoxy) is 1. The summed E-state index contributed by atoms with van der Waals surface area (Å²) in [5, 5.41) is 16.8. The molecule has 1 aliphatic heterocycles. The number of carbonyl (C=O) groups excluding carboxylic acids is 1. The number of allylic oxidation sites excluding steroid dienone is 3. The van der Waals surface area contributed by atoms with E-state index in [1.807, 2.05) is 6.07 Å². The van der Waals surface area contributed by atoms with E-state index >= 15 is 0 Å². The number of halogens is 1. The van der Waals surface area contributed by atoms with Gasteiger partial charge in [0.25, 0.3) is 0 Å². The minimum atomic E-state index is -0.724. The first kappa shape index (κ1) is 18.9. The first-order valence-corrected chi connectivity index (χ1v) is 9.73. The second kappa shape index (κ2) is 7.29. The first-order chi connectivity index (χ1) is 15.1. The lowest BCUT2D eigenvalue weighted by Crippen LogP contribution is -2.29. The number of Topliss-reactive ketones (excluding diaryl/α,β-unsaturated/α-hetero) is 1. The third kappa shape index (κ3) is 3.11. The average molecular weight is 416 g/mol. The van der Waals surface area contributed by atoms with Gasteiger partial charge < -0.3 is 14.9 Å². The Bertz CT molecular complexity index is 1260. The third-order valence-electron chi connectivity index (χ3n) is 5.72. The van der Waals surface area contributed by atoms with Gasteiger partial charge in [-0.05, 0) is 36.4 Å². The quantitative estimate of drug-likeness (QED) is 0.666. The molecule has 1 aliphatic carbocycles. The molecule has 3 aromatic rings. The molecule has 0 amide bonds. The van der Waals surface area contributed by atoms with Gasteiger partial charge in [0, 0.05) is 35.5 Å². The summed E-state index contributed by atoms with van der Waals surface area (Å²) in [5.41, 5.74) is 8.51. The number of aromatic amines is 1. The van der Waals surface area contributed by atoms with Crippen LogP contribution < -0.4 is 5.73 Å². The summed E-state index contributed by atoms with van der Waals surface area (Å²) in [6.45, 7) is 0. The van der Waals surface area contributed by atoms with Crippen molar-refractivity contribution in [1.82, 2.24) is 10.2 Å². The average Bonchev–Trinajstić information content (AvgIpc) is 3.45. The van der Waals surface area contributed by atoms with Crippen molar-refractivity contribution in [2.75, 3.05) is 0 Å². The van der Waals surface area contributed by atoms with Gasteiger partial charge >= 0.3 is 0 Å². The second-order valence-electron chi connectivity index (χ2n) is 7.51. The SMILES string of the molecule is N#CC1=C(N)OC2=C(C(=O)C[C@@H](c3ccco3)C2)[C@@H]1c1cn[nH]c1-c1ccc(F)cc1. The van der Waals surface area contributed by atoms with Crippen molar-refractivity contribution in [3.05, 3.63) is 88.8 Å². The fraction of sp³-hybridized carbons (Fsp3) is 0.174. The molecule has 0 saturated carbocycles. The monoisotopic (exact) mass is 416 g/mol. The molecule has 8 heteroatoms. The number of nitrogens with zero attached hydrogens (tertiary/aromatic N) is 2. The zero-order valence-corrected chi connectivity index (χ0v) is 16.3. The number of ketones is 1. The maximum atomic E-state index is 13.4. The molecule has 0 spiro atoms. The maximum Gasteiger partial charge on any atom is 0.205 e. The smallest absolute Gasteiger partial charge is 0.205 e. The van der Waals surface area contributed by atoms with Crippen LogP contribution >= 0.6 is 0 Å². The molecular weight excluding hydrogens is 399 g/mol. The normalized spacial score (nSPS) is 21.0. The van der Waals surface area contributed by atoms with E-state index in [4.69, 9.17) is 14.9 Å². The van der Waals surface area contributed by atoms with Crippen LogP contribution in [0.4, 0.5) is 4.39 Å². The van der Waals surface area contributed by atoms with Crippen molar-refractivity contribution in [3.8, 4) is 17.3 Å². The summed E-state index contributed by atoms with van der Waals surface area (Å²) in [6.07, 6.45) is 3.79. The number of nitriles is 1. The van der Waals surface area contributed by atoms with Gasteiger partial charge in [-0.25, -0.2) is 4.39 Å². The molecule has 2 atom stereocenters. The highest BCUT2D eigenvalue weighted by atomic mass is 19.1. The Morgan fingerprint density at radius 1 is 1.23 bits per heavy atom. The number of aromatic nitrogens is 2. The van der Waals surface area contributed by atoms with Crippen molar-refractivity contribution in [2.45, 2.75) is 24.7 Å². The Hall–Kier alpha value is -4.12. The molecule has 2 aromatic heterocycles. The van der Waals surface area contributed by atoms with Gasteiger partial charge in [0.15, 0.2) is 5.78 Å². The van der Waals surface area contributed by atoms with E-state index < -0.39 is 5.92 Å². The van der Waals surface area contributed by atoms with Crippen molar-refractivity contribution >= 4 is 5.78 Å². The predicted octanol–water partition coefficient (Wildman–Crippen LogP) is 4.02. The van der Waals surface area contributed by atoms with Crippen molar-refractivity contribution < 1.29 is 18.3 Å². The predicted molar refractivity (Wildman–Crippen MR) is 107 cm³/mol. The summed E-state index contributed by atoms with van der Waals surface area (Å²) in [6, 6.07) is 11.6. The highest BCUT2D eigenvalue weighted by Gasteiger charge is 2.42. The number of hydrogen-bond acceptors (Lipinski definition) is 6. The highest BCUT2D eigenvalue weighted by molar-refractivity contribution is 6.00. The Morgan fingerprint density at radius 3 is 2.74 bits per heavy atom. The lowest BCUT2D eigenvalue weighted by Gasteiger charge is -2.33. The Balaban J connectivity index is 1.63. The van der Waals surface area contributed by atoms with E-state index in [0.29, 0.717) is 40.3 Å². The minimum Gasteiger partial charge on any atom is -0.469 e. The standard InChI is InChI=1S/C23H17FN4O3/c24-14-5-3-12(4-6-14)22-16(11-27-28-22)20-15(10-25)23(26)31-19-9-13(8-17(29)21(19)20)18-2-1-7-30-18/h1-7,11,13,20H,8-9,26H2,(H,27,28)/t13-,20+/m1/s1. The van der Waals surface area contributed by atoms with Crippen LogP contribution in [-0.2, 0) is 9.53 Å². The lowest BCUT2D eigenvalue weighted by atomic mass is 9.74. The maximum absolute atomic E-state index is 13.4. The molecule has 7 nitrogen and oxygen atoms in total. The molecule has 0 saturated heterocycles. The number of nitrogens with two attached hydrogens (primary N) is 1. The zero-order valence-electron chi connectivity index (χ0n) is 16.3. The molecule has 3 N–H and O–H groups in total. The van der Waals surface area contributed by atoms with Crippen LogP contribution in [0.1, 0.15) is 36.0 Å². The largest absolute Gasteiger partial charge is 0.469 e. The molecule has 5 rings (SSSR count). The number of benzene rings is 1. The van der Waals surface area contributed by atoms with Crippen LogP contribution in [0.2, 0.25) is 0 Å². The van der Waals surface area contributed by atoms with E-state index in [9.17, 15) is 14.4 Å². The number of H-pyrrole nitrogens is 1. The lowest BCUT2D eigenvalue weighted by molar-refractivity contribution is -0.117. The summed E-state index contributed by atoms with van der Waals surface area (Å²) < 4.78 is 24.6. The van der Waals surface area contributed by atoms with E-state index in [1.165, 1.54) is 12.1 Å². The van der Waals surface area contributed by atoms with Gasteiger partial charge in [0.2, 0.25) is 5.88 Å². The van der Waals surface area contributed by atoms with Crippen molar-refractivity contribution in [1.29, 1.82) is 5.26 Å². The summed E-state index contributed by atoms with van der Waals surface area (Å²) in [5.74, 6) is -0.301. The third-order valence-corrected chi connectivity index (χ3v) is 5.72. The van der Waals surface area contributed by atoms with Crippen LogP contribution in [-0.4, -0.2) is 16.0 Å². The molecule has 3 heterocycles. The Morgan fingerprint density at radius 2 is 2.03 bits per heavy atom. The van der Waals surface area contributed by atoms with E-state index in [1.54, 1.807) is 30.7 Å². The number of nitrogens with one attached hydrogen (secondary N) is 1. The fourth-order valence-electron chi connectivity index (χ4n) is 4.31. The van der Waals surface area contributed by atoms with E-state index in [0.717, 1.165) is 0 Å². The number of furan rings is 1. The van der Waals surface area contributed by atoms with E-state index in [2.05, 4.69) is 16.3 Å². The Labute approximate surface area is 176 Å². The zero-order chi connectivity index (χ0) is 21.5. The van der Waals surface area contributed by atoms with Crippen LogP contribution in [0.3, 0.4) is 0 Å². The molecule has 1 aromatic carbocycles. The molecular formula is C23H17FN4O3. The van der Waals surface area contributed by atoms with Crippen LogP contribution in [0, 0.1) is 17.1 Å². The summed E-state index contributed by atoms with van der Waals surface area (Å²) >= 11 is 0. The fourth-order valence-corrected chi connectivity index (χ4v) is 4.31. The molecule has 2 aliphatic rings. The van der Waals surface area contributed by atoms with Gasteiger partial charge in [-0.3, -0.25) is 9.89 Å². The molecule has 0 unspecified atom stereocenters. The molecule has 31 heavy (non-hydrogen) atoms. The van der Waals surface area contributed by atoms with E-state index in [-0.39, 0.29) is 35.4 Å². The van der Waals surface area contributed by atoms with Gasteiger partial charge in [0.05, 0.1) is 24.1 Å². The van der Waals surface area contributed by atoms with Crippen LogP contribution in [0.15, 0.2) is 76.1 Å². The number of carbonyl (C=O) groups is 1. The first-order valence-electron chi connectivity index (χ1n) is 9.73. The molecule has 0 bridgehead atoms. The topological polar surface area (TPSA) is 118 Å². The van der Waals surface area contributed by atoms with Gasteiger partial charge in [-0.1, -0.05) is 0 Å². The Kier molecular flexibility index (Phi) is 4.44. The second-order valence-corrected chi connectivity index (χ2v) is 7.51. The molecule has 0 fully saturated rings. The molecule has 154 valence electrons. The van der Waals surface area contributed by atoms with Gasteiger partial charge in [-0.2, -0.15) is 10.4 Å². The van der Waals surface area contributed by atoms with Gasteiger partial charge in [0.1, 0.15) is 29.0 Å². The summed E-state index contributed by atoms with van der Waals surface area (Å²) in [7, 11) is 0. The highest BCUT2D eigenvalue weighted by Crippen LogP contribution is 2.48.